The van der Waals surface area contributed by atoms with Crippen LogP contribution < -0.4 is 0 Å². The molecule has 5 heteroatoms. The zero-order chi connectivity index (χ0) is 13.4. The molecule has 0 fully saturated rings. The van der Waals surface area contributed by atoms with Crippen molar-refractivity contribution in [2.45, 2.75) is 26.3 Å². The molecule has 0 bridgehead atoms. The first kappa shape index (κ1) is 12.3. The normalized spacial score (nSPS) is 18.4. The first-order chi connectivity index (χ1) is 9.20. The predicted molar refractivity (Wildman–Crippen MR) is 69.0 cm³/mol. The van der Waals surface area contributed by atoms with Gasteiger partial charge in [-0.05, 0) is 25.0 Å². The molecule has 19 heavy (non-hydrogen) atoms. The highest BCUT2D eigenvalue weighted by Crippen LogP contribution is 2.28. The molecule has 1 unspecified atom stereocenters. The number of fused-ring (bicyclic) bond motifs is 1. The van der Waals surface area contributed by atoms with Crippen molar-refractivity contribution in [3.8, 4) is 11.4 Å². The highest BCUT2D eigenvalue weighted by atomic mass is 19.1. The van der Waals surface area contributed by atoms with Crippen LogP contribution in [0.3, 0.4) is 0 Å². The smallest absolute Gasteiger partial charge is 0.166 e. The zero-order valence-corrected chi connectivity index (χ0v) is 10.8. The molecular weight excluding hydrogens is 245 g/mol. The van der Waals surface area contributed by atoms with Crippen LogP contribution in [0.4, 0.5) is 4.39 Å². The SMILES string of the molecule is Cc1cccc(-c2nnc3n2CC(CO)CC3)c1F. The molecule has 1 aromatic heterocycles. The number of aliphatic hydroxyl groups excluding tert-OH is 1. The molecule has 1 N–H and O–H groups in total. The van der Waals surface area contributed by atoms with E-state index >= 15 is 0 Å². The molecule has 1 aromatic carbocycles. The van der Waals surface area contributed by atoms with Gasteiger partial charge in [-0.2, -0.15) is 0 Å². The molecule has 1 aliphatic rings. The van der Waals surface area contributed by atoms with Gasteiger partial charge in [0.15, 0.2) is 5.82 Å². The molecule has 0 spiro atoms. The third-order valence-electron chi connectivity index (χ3n) is 3.74. The van der Waals surface area contributed by atoms with Crippen LogP contribution in [0, 0.1) is 18.7 Å². The molecule has 0 saturated carbocycles. The van der Waals surface area contributed by atoms with Gasteiger partial charge in [0.1, 0.15) is 11.6 Å². The molecule has 1 aliphatic heterocycles. The van der Waals surface area contributed by atoms with Gasteiger partial charge < -0.3 is 9.67 Å². The van der Waals surface area contributed by atoms with E-state index in [0.29, 0.717) is 23.5 Å². The number of hydrogen-bond acceptors (Lipinski definition) is 3. The Morgan fingerprint density at radius 2 is 2.26 bits per heavy atom. The number of nitrogens with zero attached hydrogens (tertiary/aromatic N) is 3. The Labute approximate surface area is 110 Å². The van der Waals surface area contributed by atoms with E-state index in [2.05, 4.69) is 10.2 Å². The highest BCUT2D eigenvalue weighted by Gasteiger charge is 2.24. The van der Waals surface area contributed by atoms with Gasteiger partial charge in [0, 0.05) is 25.5 Å². The standard InChI is InChI=1S/C14H16FN3O/c1-9-3-2-4-11(13(9)15)14-17-16-12-6-5-10(8-19)7-18(12)14/h2-4,10,19H,5-8H2,1H3. The van der Waals surface area contributed by atoms with E-state index in [9.17, 15) is 9.50 Å². The van der Waals surface area contributed by atoms with E-state index in [1.165, 1.54) is 0 Å². The number of halogens is 1. The number of rotatable bonds is 2. The summed E-state index contributed by atoms with van der Waals surface area (Å²) in [6.45, 7) is 2.54. The van der Waals surface area contributed by atoms with Crippen molar-refractivity contribution in [2.75, 3.05) is 6.61 Å². The number of aromatic nitrogens is 3. The number of aliphatic hydroxyl groups is 1. The summed E-state index contributed by atoms with van der Waals surface area (Å²) < 4.78 is 16.1. The molecule has 4 nitrogen and oxygen atoms in total. The molecule has 0 aliphatic carbocycles. The largest absolute Gasteiger partial charge is 0.396 e. The third-order valence-corrected chi connectivity index (χ3v) is 3.74. The molecule has 0 radical (unpaired) electrons. The topological polar surface area (TPSA) is 50.9 Å². The first-order valence-corrected chi connectivity index (χ1v) is 6.49. The minimum Gasteiger partial charge on any atom is -0.396 e. The van der Waals surface area contributed by atoms with Crippen LogP contribution in [0.2, 0.25) is 0 Å². The first-order valence-electron chi connectivity index (χ1n) is 6.49. The third kappa shape index (κ3) is 2.04. The van der Waals surface area contributed by atoms with Crippen LogP contribution in [0.15, 0.2) is 18.2 Å². The van der Waals surface area contributed by atoms with Crippen LogP contribution in [0.5, 0.6) is 0 Å². The Balaban J connectivity index is 2.07. The van der Waals surface area contributed by atoms with Crippen LogP contribution >= 0.6 is 0 Å². The summed E-state index contributed by atoms with van der Waals surface area (Å²) in [4.78, 5) is 0. The Hall–Kier alpha value is -1.75. The average molecular weight is 261 g/mol. The fourth-order valence-corrected chi connectivity index (χ4v) is 2.56. The Morgan fingerprint density at radius 3 is 3.05 bits per heavy atom. The fourth-order valence-electron chi connectivity index (χ4n) is 2.56. The van der Waals surface area contributed by atoms with Crippen molar-refractivity contribution in [1.29, 1.82) is 0 Å². The molecule has 0 saturated heterocycles. The fraction of sp³-hybridized carbons (Fsp3) is 0.429. The minimum absolute atomic E-state index is 0.146. The van der Waals surface area contributed by atoms with E-state index in [4.69, 9.17) is 0 Å². The second-order valence-corrected chi connectivity index (χ2v) is 5.07. The van der Waals surface area contributed by atoms with Crippen LogP contribution in [-0.2, 0) is 13.0 Å². The summed E-state index contributed by atoms with van der Waals surface area (Å²) in [5.41, 5.74) is 1.08. The average Bonchev–Trinajstić information content (AvgIpc) is 2.84. The van der Waals surface area contributed by atoms with Crippen molar-refractivity contribution in [1.82, 2.24) is 14.8 Å². The minimum atomic E-state index is -0.246. The van der Waals surface area contributed by atoms with E-state index in [1.54, 1.807) is 19.1 Å². The van der Waals surface area contributed by atoms with Crippen molar-refractivity contribution in [2.24, 2.45) is 5.92 Å². The van der Waals surface area contributed by atoms with Crippen LogP contribution in [0.25, 0.3) is 11.4 Å². The summed E-state index contributed by atoms with van der Waals surface area (Å²) in [6, 6.07) is 5.28. The molecular formula is C14H16FN3O. The van der Waals surface area contributed by atoms with Crippen molar-refractivity contribution in [3.05, 3.63) is 35.4 Å². The van der Waals surface area contributed by atoms with Gasteiger partial charge in [-0.15, -0.1) is 10.2 Å². The maximum absolute atomic E-state index is 14.2. The summed E-state index contributed by atoms with van der Waals surface area (Å²) in [7, 11) is 0. The summed E-state index contributed by atoms with van der Waals surface area (Å²) in [5.74, 6) is 1.40. The lowest BCUT2D eigenvalue weighted by molar-refractivity contribution is 0.191. The summed E-state index contributed by atoms with van der Waals surface area (Å²) in [6.07, 6.45) is 1.69. The second kappa shape index (κ2) is 4.74. The maximum Gasteiger partial charge on any atom is 0.166 e. The quantitative estimate of drug-likeness (QED) is 0.899. The number of aryl methyl sites for hydroxylation is 2. The summed E-state index contributed by atoms with van der Waals surface area (Å²) >= 11 is 0. The maximum atomic E-state index is 14.2. The van der Waals surface area contributed by atoms with Crippen molar-refractivity contribution in [3.63, 3.8) is 0 Å². The highest BCUT2D eigenvalue weighted by molar-refractivity contribution is 5.57. The summed E-state index contributed by atoms with van der Waals surface area (Å²) in [5, 5.41) is 17.6. The molecule has 2 heterocycles. The molecule has 1 atom stereocenters. The van der Waals surface area contributed by atoms with Crippen LogP contribution in [-0.4, -0.2) is 26.5 Å². The molecule has 3 rings (SSSR count). The van der Waals surface area contributed by atoms with Gasteiger partial charge in [-0.1, -0.05) is 12.1 Å². The van der Waals surface area contributed by atoms with Crippen molar-refractivity contribution < 1.29 is 9.50 Å². The zero-order valence-electron chi connectivity index (χ0n) is 10.8. The number of benzene rings is 1. The lowest BCUT2D eigenvalue weighted by atomic mass is 10.00. The molecule has 2 aromatic rings. The van der Waals surface area contributed by atoms with Gasteiger partial charge in [0.2, 0.25) is 0 Å². The van der Waals surface area contributed by atoms with Crippen LogP contribution in [0.1, 0.15) is 17.8 Å². The second-order valence-electron chi connectivity index (χ2n) is 5.07. The van der Waals surface area contributed by atoms with E-state index < -0.39 is 0 Å². The van der Waals surface area contributed by atoms with E-state index in [-0.39, 0.29) is 18.3 Å². The Bertz CT molecular complexity index is 609. The molecule has 0 amide bonds. The van der Waals surface area contributed by atoms with Gasteiger partial charge >= 0.3 is 0 Å². The monoisotopic (exact) mass is 261 g/mol. The van der Waals surface area contributed by atoms with Gasteiger partial charge in [0.05, 0.1) is 5.56 Å². The number of hydrogen-bond donors (Lipinski definition) is 1. The lowest BCUT2D eigenvalue weighted by Crippen LogP contribution is -2.23. The molecule has 100 valence electrons. The van der Waals surface area contributed by atoms with E-state index in [1.807, 2.05) is 10.6 Å². The Morgan fingerprint density at radius 1 is 1.42 bits per heavy atom. The van der Waals surface area contributed by atoms with Gasteiger partial charge in [0.25, 0.3) is 0 Å². The van der Waals surface area contributed by atoms with Gasteiger partial charge in [-0.3, -0.25) is 0 Å². The lowest BCUT2D eigenvalue weighted by Gasteiger charge is -2.22. The predicted octanol–water partition coefficient (Wildman–Crippen LogP) is 1.95. The Kier molecular flexibility index (Phi) is 3.06. The van der Waals surface area contributed by atoms with E-state index in [0.717, 1.165) is 18.7 Å². The van der Waals surface area contributed by atoms with Gasteiger partial charge in [-0.25, -0.2) is 4.39 Å². The van der Waals surface area contributed by atoms with Crippen molar-refractivity contribution >= 4 is 0 Å².